The van der Waals surface area contributed by atoms with Gasteiger partial charge in [-0.2, -0.15) is 13.5 Å². The normalized spacial score (nSPS) is 21.9. The topological polar surface area (TPSA) is 102 Å². The number of nitrogens with one attached hydrogen (secondary N) is 1. The molecule has 2 aromatic carbocycles. The van der Waals surface area contributed by atoms with Crippen LogP contribution >= 0.6 is 48.3 Å². The highest BCUT2D eigenvalue weighted by Gasteiger charge is 2.41. The fourth-order valence-corrected chi connectivity index (χ4v) is 6.52. The molecule has 5 rings (SSSR count). The minimum atomic E-state index is -1.75. The first-order valence-corrected chi connectivity index (χ1v) is 14.5. The summed E-state index contributed by atoms with van der Waals surface area (Å²) in [6.45, 7) is 5.61. The summed E-state index contributed by atoms with van der Waals surface area (Å²) >= 11 is 18.8. The number of nitrogens with zero attached hydrogens (tertiary/aromatic N) is 3. The van der Waals surface area contributed by atoms with E-state index in [9.17, 15) is 14.7 Å². The number of halogens is 3. The predicted octanol–water partition coefficient (Wildman–Crippen LogP) is 3.93. The molecule has 3 saturated heterocycles. The zero-order chi connectivity index (χ0) is 27.9. The molecule has 2 aromatic rings. The van der Waals surface area contributed by atoms with Crippen LogP contribution in [0.1, 0.15) is 42.1 Å². The van der Waals surface area contributed by atoms with Crippen LogP contribution in [0.15, 0.2) is 36.4 Å². The molecule has 0 aromatic heterocycles. The van der Waals surface area contributed by atoms with Crippen molar-refractivity contribution in [2.75, 3.05) is 44.6 Å². The molecule has 1 unspecified atom stereocenters. The van der Waals surface area contributed by atoms with Gasteiger partial charge in [-0.25, -0.2) is 0 Å². The van der Waals surface area contributed by atoms with Crippen LogP contribution < -0.4 is 11.1 Å². The summed E-state index contributed by atoms with van der Waals surface area (Å²) < 4.78 is 0. The number of hydrogen-bond donors (Lipinski definition) is 3. The number of anilines is 1. The third-order valence-corrected chi connectivity index (χ3v) is 9.01. The number of hydrogen-bond acceptors (Lipinski definition) is 6. The van der Waals surface area contributed by atoms with Gasteiger partial charge in [-0.05, 0) is 62.6 Å². The molecule has 2 amide bonds. The number of piperidine rings is 1. The van der Waals surface area contributed by atoms with Crippen molar-refractivity contribution in [3.05, 3.63) is 62.6 Å². The summed E-state index contributed by atoms with van der Waals surface area (Å²) in [6, 6.07) is 11.0. The number of nitrogens with two attached hydrogens (primary N) is 1. The van der Waals surface area contributed by atoms with E-state index in [4.69, 9.17) is 40.5 Å². The summed E-state index contributed by atoms with van der Waals surface area (Å²) in [5.41, 5.74) is 5.90. The number of rotatable bonds is 6. The molecule has 40 heavy (non-hydrogen) atoms. The fourth-order valence-electron chi connectivity index (χ4n) is 5.79. The van der Waals surface area contributed by atoms with Gasteiger partial charge in [0, 0.05) is 72.6 Å². The molecular formula is C28H36Cl3N5O3S. The maximum absolute atomic E-state index is 13.2. The van der Waals surface area contributed by atoms with Crippen LogP contribution in [-0.4, -0.2) is 89.0 Å². The van der Waals surface area contributed by atoms with Crippen LogP contribution in [0.3, 0.4) is 0 Å². The Kier molecular flexibility index (Phi) is 9.87. The van der Waals surface area contributed by atoms with Crippen LogP contribution in [0.4, 0.5) is 5.69 Å². The lowest BCUT2D eigenvalue weighted by Crippen LogP contribution is -2.61. The monoisotopic (exact) mass is 627 g/mol. The maximum atomic E-state index is 13.2. The minimum absolute atomic E-state index is 0. The van der Waals surface area contributed by atoms with Gasteiger partial charge in [0.2, 0.25) is 0 Å². The Morgan fingerprint density at radius 2 is 1.62 bits per heavy atom. The van der Waals surface area contributed by atoms with Crippen LogP contribution in [-0.2, 0) is 10.4 Å². The number of carbonyl (C=O) groups is 2. The molecule has 2 atom stereocenters. The van der Waals surface area contributed by atoms with E-state index in [0.29, 0.717) is 58.4 Å². The second kappa shape index (κ2) is 12.7. The smallest absolute Gasteiger partial charge is 0.258 e. The first kappa shape index (κ1) is 31.2. The van der Waals surface area contributed by atoms with Crippen molar-refractivity contribution in [2.45, 2.75) is 49.9 Å². The van der Waals surface area contributed by atoms with Crippen LogP contribution in [0, 0.1) is 0 Å². The number of likely N-dealkylation sites (tertiary alicyclic amines) is 3. The lowest BCUT2D eigenvalue weighted by atomic mass is 9.92. The molecule has 4 N–H and O–H groups in total. The largest absolute Gasteiger partial charge is 0.380 e. The van der Waals surface area contributed by atoms with E-state index in [1.165, 1.54) is 6.92 Å². The second-order valence-electron chi connectivity index (χ2n) is 11.0. The van der Waals surface area contributed by atoms with Crippen molar-refractivity contribution >= 4 is 65.8 Å². The highest BCUT2D eigenvalue weighted by molar-refractivity contribution is 7.59. The van der Waals surface area contributed by atoms with Gasteiger partial charge in [-0.3, -0.25) is 14.5 Å². The lowest BCUT2D eigenvalue weighted by Gasteiger charge is -2.48. The van der Waals surface area contributed by atoms with Crippen molar-refractivity contribution in [1.29, 1.82) is 0 Å². The zero-order valence-corrected chi connectivity index (χ0v) is 25.6. The summed E-state index contributed by atoms with van der Waals surface area (Å²) in [5.74, 6) is -0.434. The van der Waals surface area contributed by atoms with E-state index >= 15 is 0 Å². The first-order chi connectivity index (χ1) is 18.5. The second-order valence-corrected chi connectivity index (χ2v) is 12.3. The number of aliphatic hydroxyl groups is 1. The van der Waals surface area contributed by atoms with E-state index in [-0.39, 0.29) is 37.4 Å². The molecule has 0 aliphatic carbocycles. The summed E-state index contributed by atoms with van der Waals surface area (Å²) in [7, 11) is 0. The number of amides is 2. The highest BCUT2D eigenvalue weighted by atomic mass is 35.5. The van der Waals surface area contributed by atoms with Crippen LogP contribution in [0.2, 0.25) is 15.1 Å². The van der Waals surface area contributed by atoms with Crippen LogP contribution in [0.5, 0.6) is 0 Å². The Bertz CT molecular complexity index is 1250. The molecule has 8 nitrogen and oxygen atoms in total. The van der Waals surface area contributed by atoms with Crippen molar-refractivity contribution in [3.63, 3.8) is 0 Å². The molecule has 12 heteroatoms. The van der Waals surface area contributed by atoms with E-state index < -0.39 is 5.60 Å². The van der Waals surface area contributed by atoms with Crippen molar-refractivity contribution in [3.8, 4) is 0 Å². The lowest BCUT2D eigenvalue weighted by molar-refractivity contribution is -0.152. The molecule has 3 fully saturated rings. The first-order valence-electron chi connectivity index (χ1n) is 13.3. The van der Waals surface area contributed by atoms with E-state index in [2.05, 4.69) is 10.2 Å². The van der Waals surface area contributed by atoms with E-state index in [1.807, 2.05) is 12.1 Å². The Morgan fingerprint density at radius 3 is 2.25 bits per heavy atom. The predicted molar refractivity (Wildman–Crippen MR) is 165 cm³/mol. The average molecular weight is 629 g/mol. The van der Waals surface area contributed by atoms with E-state index in [0.717, 1.165) is 38.0 Å². The summed E-state index contributed by atoms with van der Waals surface area (Å²) in [4.78, 5) is 31.8. The fraction of sp³-hybridized carbons (Fsp3) is 0.500. The summed E-state index contributed by atoms with van der Waals surface area (Å²) in [6.07, 6.45) is 2.48. The Labute approximate surface area is 257 Å². The standard InChI is InChI=1S/C28H34Cl3N5O3.H2S/c1-28(39,23-12-17(29)2-5-24(23)30)27(38)34-10-7-21(8-11-34)36-15-20(16-36)33-19-3-4-22(25(31)13-19)26(37)35-9-6-18(32)14-35;/h2-5,12-13,18,20-21,33,39H,6-11,14-16,32H2,1H3;1H2/t18?,28-;/m0./s1. The average Bonchev–Trinajstić information content (AvgIpc) is 3.33. The molecule has 3 aliphatic rings. The molecule has 3 heterocycles. The Morgan fingerprint density at radius 1 is 0.950 bits per heavy atom. The van der Waals surface area contributed by atoms with E-state index in [1.54, 1.807) is 34.1 Å². The van der Waals surface area contributed by atoms with Crippen molar-refractivity contribution in [1.82, 2.24) is 14.7 Å². The van der Waals surface area contributed by atoms with Gasteiger partial charge in [0.1, 0.15) is 0 Å². The number of benzene rings is 2. The minimum Gasteiger partial charge on any atom is -0.380 e. The SMILES string of the molecule is C[C@@](O)(C(=O)N1CCC(N2CC(Nc3ccc(C(=O)N4CCC(N)C4)c(Cl)c3)C2)CC1)c1cc(Cl)ccc1Cl.S. The molecular weight excluding hydrogens is 593 g/mol. The third-order valence-electron chi connectivity index (χ3n) is 8.13. The molecule has 0 spiro atoms. The van der Waals surface area contributed by atoms with Crippen molar-refractivity contribution in [2.24, 2.45) is 5.73 Å². The zero-order valence-electron chi connectivity index (χ0n) is 22.4. The molecule has 218 valence electrons. The Balaban J connectivity index is 0.00000370. The van der Waals surface area contributed by atoms with Gasteiger partial charge in [0.15, 0.2) is 5.60 Å². The maximum Gasteiger partial charge on any atom is 0.258 e. The van der Waals surface area contributed by atoms with Crippen molar-refractivity contribution < 1.29 is 14.7 Å². The van der Waals surface area contributed by atoms with Gasteiger partial charge in [0.25, 0.3) is 11.8 Å². The summed E-state index contributed by atoms with van der Waals surface area (Å²) in [5, 5.41) is 15.7. The highest BCUT2D eigenvalue weighted by Crippen LogP contribution is 2.34. The van der Waals surface area contributed by atoms with Gasteiger partial charge >= 0.3 is 0 Å². The number of carbonyl (C=O) groups excluding carboxylic acids is 2. The van der Waals surface area contributed by atoms with Gasteiger partial charge in [0.05, 0.1) is 16.6 Å². The molecule has 0 radical (unpaired) electrons. The molecule has 0 saturated carbocycles. The van der Waals surface area contributed by atoms with Gasteiger partial charge < -0.3 is 26.0 Å². The molecule has 3 aliphatic heterocycles. The quantitative estimate of drug-likeness (QED) is 0.448. The molecule has 0 bridgehead atoms. The van der Waals surface area contributed by atoms with Gasteiger partial charge in [-0.1, -0.05) is 34.8 Å². The third kappa shape index (κ3) is 6.51. The van der Waals surface area contributed by atoms with Crippen LogP contribution in [0.25, 0.3) is 0 Å². The van der Waals surface area contributed by atoms with Gasteiger partial charge in [-0.15, -0.1) is 0 Å². The Hall–Kier alpha value is -1.72.